The van der Waals surface area contributed by atoms with Crippen molar-refractivity contribution in [2.24, 2.45) is 5.84 Å². The molecule has 2 heterocycles. The number of nitrogens with two attached hydrogens (primary N) is 1. The van der Waals surface area contributed by atoms with Gasteiger partial charge in [0.15, 0.2) is 0 Å². The molecule has 2 aromatic heterocycles. The molecule has 1 aromatic carbocycles. The monoisotopic (exact) mass is 304 g/mol. The van der Waals surface area contributed by atoms with Gasteiger partial charge in [0.25, 0.3) is 0 Å². The van der Waals surface area contributed by atoms with E-state index in [1.54, 1.807) is 19.2 Å². The zero-order chi connectivity index (χ0) is 14.8. The molecular formula is C14H13ClN4O2. The Labute approximate surface area is 125 Å². The molecule has 1 atom stereocenters. The molecule has 0 saturated heterocycles. The first kappa shape index (κ1) is 13.8. The van der Waals surface area contributed by atoms with Crippen LogP contribution in [0.15, 0.2) is 41.1 Å². The van der Waals surface area contributed by atoms with Gasteiger partial charge in [-0.15, -0.1) is 0 Å². The maximum Gasteiger partial charge on any atom is 0.216 e. The van der Waals surface area contributed by atoms with Crippen LogP contribution in [0.4, 0.5) is 0 Å². The molecule has 0 aliphatic rings. The van der Waals surface area contributed by atoms with Gasteiger partial charge in [0.1, 0.15) is 23.7 Å². The molecule has 3 rings (SSSR count). The largest absolute Gasteiger partial charge is 0.481 e. The highest BCUT2D eigenvalue weighted by Crippen LogP contribution is 2.29. The van der Waals surface area contributed by atoms with Gasteiger partial charge in [-0.2, -0.15) is 0 Å². The third kappa shape index (κ3) is 2.69. The Morgan fingerprint density at radius 3 is 2.90 bits per heavy atom. The maximum atomic E-state index is 5.98. The van der Waals surface area contributed by atoms with Gasteiger partial charge in [-0.1, -0.05) is 11.6 Å². The smallest absolute Gasteiger partial charge is 0.216 e. The molecule has 0 aliphatic heterocycles. The number of aromatic nitrogens is 2. The van der Waals surface area contributed by atoms with Crippen molar-refractivity contribution in [2.75, 3.05) is 7.11 Å². The zero-order valence-corrected chi connectivity index (χ0v) is 12.0. The molecule has 0 radical (unpaired) electrons. The van der Waals surface area contributed by atoms with Crippen LogP contribution in [0, 0.1) is 0 Å². The molecule has 0 aliphatic carbocycles. The molecule has 108 valence electrons. The Morgan fingerprint density at radius 1 is 1.29 bits per heavy atom. The SMILES string of the molecule is COc1cc(C(NN)c2cc3cc(Cl)ccc3o2)ncn1. The second kappa shape index (κ2) is 5.69. The highest BCUT2D eigenvalue weighted by atomic mass is 35.5. The summed E-state index contributed by atoms with van der Waals surface area (Å²) in [7, 11) is 1.54. The van der Waals surface area contributed by atoms with Crippen molar-refractivity contribution < 1.29 is 9.15 Å². The Kier molecular flexibility index (Phi) is 3.74. The van der Waals surface area contributed by atoms with Gasteiger partial charge in [-0.05, 0) is 24.3 Å². The molecule has 0 bridgehead atoms. The fourth-order valence-corrected chi connectivity index (χ4v) is 2.29. The fourth-order valence-electron chi connectivity index (χ4n) is 2.11. The highest BCUT2D eigenvalue weighted by molar-refractivity contribution is 6.31. The first-order valence-electron chi connectivity index (χ1n) is 6.22. The Morgan fingerprint density at radius 2 is 2.14 bits per heavy atom. The molecule has 3 aromatic rings. The summed E-state index contributed by atoms with van der Waals surface area (Å²) in [6, 6.07) is 8.58. The molecule has 0 amide bonds. The molecule has 6 nitrogen and oxygen atoms in total. The minimum absolute atomic E-state index is 0.409. The van der Waals surface area contributed by atoms with Crippen molar-refractivity contribution in [1.82, 2.24) is 15.4 Å². The lowest BCUT2D eigenvalue weighted by Gasteiger charge is -2.12. The van der Waals surface area contributed by atoms with E-state index in [-0.39, 0.29) is 0 Å². The number of halogens is 1. The normalized spacial score (nSPS) is 12.5. The van der Waals surface area contributed by atoms with E-state index in [0.717, 1.165) is 11.0 Å². The van der Waals surface area contributed by atoms with E-state index in [1.165, 1.54) is 6.33 Å². The van der Waals surface area contributed by atoms with Crippen molar-refractivity contribution in [2.45, 2.75) is 6.04 Å². The topological polar surface area (TPSA) is 86.2 Å². The molecule has 0 saturated carbocycles. The molecule has 21 heavy (non-hydrogen) atoms. The Bertz CT molecular complexity index is 775. The number of ether oxygens (including phenoxy) is 1. The number of nitrogens with zero attached hydrogens (tertiary/aromatic N) is 2. The van der Waals surface area contributed by atoms with E-state index in [9.17, 15) is 0 Å². The summed E-state index contributed by atoms with van der Waals surface area (Å²) < 4.78 is 10.9. The van der Waals surface area contributed by atoms with Gasteiger partial charge < -0.3 is 9.15 Å². The van der Waals surface area contributed by atoms with E-state index < -0.39 is 6.04 Å². The minimum atomic E-state index is -0.409. The van der Waals surface area contributed by atoms with Crippen LogP contribution in [0.5, 0.6) is 5.88 Å². The average Bonchev–Trinajstić information content (AvgIpc) is 2.91. The Hall–Kier alpha value is -2.15. The third-order valence-corrected chi connectivity index (χ3v) is 3.35. The highest BCUT2D eigenvalue weighted by Gasteiger charge is 2.19. The van der Waals surface area contributed by atoms with Gasteiger partial charge in [-0.3, -0.25) is 5.84 Å². The summed E-state index contributed by atoms with van der Waals surface area (Å²) >= 11 is 5.98. The predicted octanol–water partition coefficient (Wildman–Crippen LogP) is 2.44. The number of benzene rings is 1. The molecule has 3 N–H and O–H groups in total. The fraction of sp³-hybridized carbons (Fsp3) is 0.143. The van der Waals surface area contributed by atoms with Crippen LogP contribution >= 0.6 is 11.6 Å². The Balaban J connectivity index is 2.04. The quantitative estimate of drug-likeness (QED) is 0.569. The molecule has 1 unspecified atom stereocenters. The number of hydrazine groups is 1. The standard InChI is InChI=1S/C14H13ClN4O2/c1-20-13-6-10(17-7-18-13)14(19-16)12-5-8-4-9(15)2-3-11(8)21-12/h2-7,14,19H,16H2,1H3. The lowest BCUT2D eigenvalue weighted by molar-refractivity contribution is 0.393. The predicted molar refractivity (Wildman–Crippen MR) is 79.0 cm³/mol. The summed E-state index contributed by atoms with van der Waals surface area (Å²) in [6.07, 6.45) is 1.41. The van der Waals surface area contributed by atoms with Gasteiger partial charge in [0.2, 0.25) is 5.88 Å². The average molecular weight is 305 g/mol. The van der Waals surface area contributed by atoms with E-state index in [1.807, 2.05) is 18.2 Å². The molecule has 7 heteroatoms. The summed E-state index contributed by atoms with van der Waals surface area (Å²) in [6.45, 7) is 0. The van der Waals surface area contributed by atoms with E-state index in [0.29, 0.717) is 22.4 Å². The van der Waals surface area contributed by atoms with Gasteiger partial charge in [-0.25, -0.2) is 15.4 Å². The number of hydrogen-bond donors (Lipinski definition) is 2. The number of fused-ring (bicyclic) bond motifs is 1. The van der Waals surface area contributed by atoms with E-state index >= 15 is 0 Å². The first-order valence-corrected chi connectivity index (χ1v) is 6.60. The molecular weight excluding hydrogens is 292 g/mol. The maximum absolute atomic E-state index is 5.98. The first-order chi connectivity index (χ1) is 10.2. The van der Waals surface area contributed by atoms with Crippen LogP contribution in [-0.2, 0) is 0 Å². The van der Waals surface area contributed by atoms with E-state index in [4.69, 9.17) is 26.6 Å². The minimum Gasteiger partial charge on any atom is -0.481 e. The number of methoxy groups -OCH3 is 1. The van der Waals surface area contributed by atoms with Crippen LogP contribution in [-0.4, -0.2) is 17.1 Å². The lowest BCUT2D eigenvalue weighted by atomic mass is 10.1. The second-order valence-electron chi connectivity index (χ2n) is 4.42. The van der Waals surface area contributed by atoms with Gasteiger partial charge in [0, 0.05) is 16.5 Å². The van der Waals surface area contributed by atoms with Crippen molar-refractivity contribution in [3.8, 4) is 5.88 Å². The van der Waals surface area contributed by atoms with Crippen molar-refractivity contribution >= 4 is 22.6 Å². The van der Waals surface area contributed by atoms with Crippen LogP contribution in [0.1, 0.15) is 17.5 Å². The summed E-state index contributed by atoms with van der Waals surface area (Å²) in [5.41, 5.74) is 4.07. The summed E-state index contributed by atoms with van der Waals surface area (Å²) in [5, 5.41) is 1.55. The van der Waals surface area contributed by atoms with Crippen molar-refractivity contribution in [1.29, 1.82) is 0 Å². The second-order valence-corrected chi connectivity index (χ2v) is 4.85. The van der Waals surface area contributed by atoms with Crippen LogP contribution < -0.4 is 16.0 Å². The van der Waals surface area contributed by atoms with Crippen LogP contribution in [0.2, 0.25) is 5.02 Å². The van der Waals surface area contributed by atoms with Gasteiger partial charge >= 0.3 is 0 Å². The van der Waals surface area contributed by atoms with E-state index in [2.05, 4.69) is 15.4 Å². The number of nitrogens with one attached hydrogen (secondary N) is 1. The molecule has 0 spiro atoms. The molecule has 0 fully saturated rings. The van der Waals surface area contributed by atoms with Crippen LogP contribution in [0.25, 0.3) is 11.0 Å². The lowest BCUT2D eigenvalue weighted by Crippen LogP contribution is -2.29. The summed E-state index contributed by atoms with van der Waals surface area (Å²) in [5.74, 6) is 6.74. The number of hydrogen-bond acceptors (Lipinski definition) is 6. The van der Waals surface area contributed by atoms with Crippen molar-refractivity contribution in [3.63, 3.8) is 0 Å². The zero-order valence-electron chi connectivity index (χ0n) is 11.2. The van der Waals surface area contributed by atoms with Crippen LogP contribution in [0.3, 0.4) is 0 Å². The number of furan rings is 1. The third-order valence-electron chi connectivity index (χ3n) is 3.12. The van der Waals surface area contributed by atoms with Crippen molar-refractivity contribution in [3.05, 3.63) is 53.1 Å². The van der Waals surface area contributed by atoms with Gasteiger partial charge in [0.05, 0.1) is 12.8 Å². The number of rotatable bonds is 4. The summed E-state index contributed by atoms with van der Waals surface area (Å²) in [4.78, 5) is 8.18.